The molecule has 0 atom stereocenters. The minimum atomic E-state index is 0.193. The number of nitrogens with zero attached hydrogens (tertiary/aromatic N) is 1. The molecule has 0 saturated heterocycles. The van der Waals surface area contributed by atoms with Gasteiger partial charge in [-0.2, -0.15) is 0 Å². The molecule has 0 unspecified atom stereocenters. The highest BCUT2D eigenvalue weighted by atomic mass is 16.1. The van der Waals surface area contributed by atoms with Gasteiger partial charge in [0, 0.05) is 12.1 Å². The second-order valence-electron chi connectivity index (χ2n) is 5.21. The first-order valence-corrected chi connectivity index (χ1v) is 6.98. The molecule has 2 aromatic carbocycles. The predicted molar refractivity (Wildman–Crippen MR) is 83.2 cm³/mol. The van der Waals surface area contributed by atoms with Crippen molar-refractivity contribution in [2.75, 3.05) is 20.1 Å². The fourth-order valence-corrected chi connectivity index (χ4v) is 2.26. The Labute approximate surface area is 121 Å². The van der Waals surface area contributed by atoms with Crippen LogP contribution in [-0.2, 0) is 6.42 Å². The van der Waals surface area contributed by atoms with Gasteiger partial charge in [-0.15, -0.1) is 0 Å². The number of carbonyl (C=O) groups is 1. The molecule has 2 heteroatoms. The predicted octanol–water partition coefficient (Wildman–Crippen LogP) is 3.35. The van der Waals surface area contributed by atoms with Crippen LogP contribution in [0.25, 0.3) is 0 Å². The molecule has 0 saturated carbocycles. The summed E-state index contributed by atoms with van der Waals surface area (Å²) >= 11 is 0. The third-order valence-corrected chi connectivity index (χ3v) is 3.48. The molecular formula is C18H21NO. The van der Waals surface area contributed by atoms with E-state index in [0.717, 1.165) is 24.1 Å². The average Bonchev–Trinajstić information content (AvgIpc) is 2.46. The number of Topliss-reactive ketones (excluding diaryl/α,β-unsaturated/α-hetero) is 1. The highest BCUT2D eigenvalue weighted by Gasteiger charge is 2.11. The first kappa shape index (κ1) is 14.5. The van der Waals surface area contributed by atoms with E-state index < -0.39 is 0 Å². The molecule has 0 spiro atoms. The molecule has 0 aromatic heterocycles. The quantitative estimate of drug-likeness (QED) is 0.748. The van der Waals surface area contributed by atoms with Crippen LogP contribution < -0.4 is 0 Å². The van der Waals surface area contributed by atoms with E-state index in [2.05, 4.69) is 17.0 Å². The molecule has 0 fully saturated rings. The Balaban J connectivity index is 1.87. The summed E-state index contributed by atoms with van der Waals surface area (Å²) < 4.78 is 0. The second-order valence-corrected chi connectivity index (χ2v) is 5.21. The molecule has 0 heterocycles. The summed E-state index contributed by atoms with van der Waals surface area (Å²) in [6, 6.07) is 18.1. The molecule has 104 valence electrons. The normalized spacial score (nSPS) is 10.8. The van der Waals surface area contributed by atoms with Crippen molar-refractivity contribution in [1.29, 1.82) is 0 Å². The van der Waals surface area contributed by atoms with E-state index in [4.69, 9.17) is 0 Å². The first-order chi connectivity index (χ1) is 9.66. The number of hydrogen-bond acceptors (Lipinski definition) is 2. The van der Waals surface area contributed by atoms with Crippen LogP contribution in [0.4, 0.5) is 0 Å². The van der Waals surface area contributed by atoms with E-state index in [1.165, 1.54) is 5.56 Å². The lowest BCUT2D eigenvalue weighted by Gasteiger charge is -2.16. The number of ketones is 1. The number of carbonyl (C=O) groups excluding carboxylic acids is 1. The van der Waals surface area contributed by atoms with Crippen LogP contribution in [0, 0.1) is 6.92 Å². The summed E-state index contributed by atoms with van der Waals surface area (Å²) in [5.41, 5.74) is 3.19. The lowest BCUT2D eigenvalue weighted by atomic mass is 10.0. The molecule has 20 heavy (non-hydrogen) atoms. The lowest BCUT2D eigenvalue weighted by Crippen LogP contribution is -2.28. The number of hydrogen-bond donors (Lipinski definition) is 0. The standard InChI is InChI=1S/C18H21NO/c1-15-8-6-7-11-17(15)18(20)14-19(2)13-12-16-9-4-3-5-10-16/h3-11H,12-14H2,1-2H3. The van der Waals surface area contributed by atoms with Crippen molar-refractivity contribution >= 4 is 5.78 Å². The highest BCUT2D eigenvalue weighted by Crippen LogP contribution is 2.09. The van der Waals surface area contributed by atoms with Crippen molar-refractivity contribution < 1.29 is 4.79 Å². The van der Waals surface area contributed by atoms with Gasteiger partial charge in [0.1, 0.15) is 0 Å². The molecule has 2 nitrogen and oxygen atoms in total. The zero-order chi connectivity index (χ0) is 14.4. The molecule has 2 rings (SSSR count). The van der Waals surface area contributed by atoms with E-state index in [1.54, 1.807) is 0 Å². The highest BCUT2D eigenvalue weighted by molar-refractivity contribution is 5.98. The summed E-state index contributed by atoms with van der Waals surface area (Å²) in [5, 5.41) is 0. The molecule has 0 amide bonds. The number of rotatable bonds is 6. The Bertz CT molecular complexity index is 563. The molecule has 0 radical (unpaired) electrons. The lowest BCUT2D eigenvalue weighted by molar-refractivity contribution is 0.0946. The van der Waals surface area contributed by atoms with Crippen LogP contribution in [0.15, 0.2) is 54.6 Å². The summed E-state index contributed by atoms with van der Waals surface area (Å²) in [6.45, 7) is 3.34. The van der Waals surface area contributed by atoms with E-state index in [1.807, 2.05) is 56.4 Å². The molecule has 2 aromatic rings. The molecule has 0 aliphatic rings. The van der Waals surface area contributed by atoms with Gasteiger partial charge in [-0.3, -0.25) is 9.69 Å². The zero-order valence-electron chi connectivity index (χ0n) is 12.2. The van der Waals surface area contributed by atoms with Gasteiger partial charge in [0.05, 0.1) is 6.54 Å². The van der Waals surface area contributed by atoms with Gasteiger partial charge in [0.25, 0.3) is 0 Å². The molecule has 0 N–H and O–H groups in total. The molecule has 0 aliphatic carbocycles. The number of likely N-dealkylation sites (N-methyl/N-ethyl adjacent to an activating group) is 1. The average molecular weight is 267 g/mol. The van der Waals surface area contributed by atoms with Crippen molar-refractivity contribution in [1.82, 2.24) is 4.90 Å². The van der Waals surface area contributed by atoms with Crippen molar-refractivity contribution in [2.24, 2.45) is 0 Å². The van der Waals surface area contributed by atoms with Gasteiger partial charge < -0.3 is 0 Å². The smallest absolute Gasteiger partial charge is 0.177 e. The Kier molecular flexibility index (Phi) is 5.08. The van der Waals surface area contributed by atoms with Crippen LogP contribution in [0.5, 0.6) is 0 Å². The molecule has 0 aliphatic heterocycles. The minimum absolute atomic E-state index is 0.193. The summed E-state index contributed by atoms with van der Waals surface area (Å²) in [5.74, 6) is 0.193. The fourth-order valence-electron chi connectivity index (χ4n) is 2.26. The SMILES string of the molecule is Cc1ccccc1C(=O)CN(C)CCc1ccccc1. The monoisotopic (exact) mass is 267 g/mol. The van der Waals surface area contributed by atoms with Crippen molar-refractivity contribution in [3.63, 3.8) is 0 Å². The first-order valence-electron chi connectivity index (χ1n) is 6.98. The third-order valence-electron chi connectivity index (χ3n) is 3.48. The largest absolute Gasteiger partial charge is 0.299 e. The summed E-state index contributed by atoms with van der Waals surface area (Å²) in [7, 11) is 2.00. The maximum absolute atomic E-state index is 12.2. The van der Waals surface area contributed by atoms with Crippen molar-refractivity contribution in [2.45, 2.75) is 13.3 Å². The molecule has 0 bridgehead atoms. The van der Waals surface area contributed by atoms with Gasteiger partial charge in [-0.1, -0.05) is 54.6 Å². The second kappa shape index (κ2) is 7.01. The van der Waals surface area contributed by atoms with Gasteiger partial charge >= 0.3 is 0 Å². The maximum atomic E-state index is 12.2. The van der Waals surface area contributed by atoms with Gasteiger partial charge in [-0.05, 0) is 31.5 Å². The van der Waals surface area contributed by atoms with Crippen LogP contribution >= 0.6 is 0 Å². The van der Waals surface area contributed by atoms with Crippen LogP contribution in [0.2, 0.25) is 0 Å². The van der Waals surface area contributed by atoms with Crippen molar-refractivity contribution in [3.8, 4) is 0 Å². The third kappa shape index (κ3) is 4.04. The van der Waals surface area contributed by atoms with Gasteiger partial charge in [0.15, 0.2) is 5.78 Å². The maximum Gasteiger partial charge on any atom is 0.177 e. The Morgan fingerprint density at radius 2 is 1.65 bits per heavy atom. The van der Waals surface area contributed by atoms with Crippen molar-refractivity contribution in [3.05, 3.63) is 71.3 Å². The molecular weight excluding hydrogens is 246 g/mol. The van der Waals surface area contributed by atoms with E-state index in [9.17, 15) is 4.79 Å². The fraction of sp³-hybridized carbons (Fsp3) is 0.278. The van der Waals surface area contributed by atoms with E-state index in [-0.39, 0.29) is 5.78 Å². The minimum Gasteiger partial charge on any atom is -0.299 e. The summed E-state index contributed by atoms with van der Waals surface area (Å²) in [4.78, 5) is 14.3. The zero-order valence-corrected chi connectivity index (χ0v) is 12.2. The van der Waals surface area contributed by atoms with Gasteiger partial charge in [0.2, 0.25) is 0 Å². The van der Waals surface area contributed by atoms with E-state index in [0.29, 0.717) is 6.54 Å². The number of aryl methyl sites for hydroxylation is 1. The summed E-state index contributed by atoms with van der Waals surface area (Å²) in [6.07, 6.45) is 0.971. The topological polar surface area (TPSA) is 20.3 Å². The Morgan fingerprint density at radius 1 is 1.00 bits per heavy atom. The Morgan fingerprint density at radius 3 is 2.35 bits per heavy atom. The van der Waals surface area contributed by atoms with E-state index >= 15 is 0 Å². The van der Waals surface area contributed by atoms with Gasteiger partial charge in [-0.25, -0.2) is 0 Å². The Hall–Kier alpha value is -1.93. The number of benzene rings is 2. The van der Waals surface area contributed by atoms with Crippen LogP contribution in [0.1, 0.15) is 21.5 Å². The van der Waals surface area contributed by atoms with Crippen LogP contribution in [-0.4, -0.2) is 30.8 Å². The van der Waals surface area contributed by atoms with Crippen LogP contribution in [0.3, 0.4) is 0 Å².